The highest BCUT2D eigenvalue weighted by atomic mass is 79.9. The van der Waals surface area contributed by atoms with Gasteiger partial charge in [0, 0.05) is 18.2 Å². The van der Waals surface area contributed by atoms with Gasteiger partial charge in [-0.15, -0.1) is 0 Å². The first kappa shape index (κ1) is 12.2. The van der Waals surface area contributed by atoms with Crippen molar-refractivity contribution in [3.8, 4) is 0 Å². The van der Waals surface area contributed by atoms with Crippen LogP contribution < -0.4 is 0 Å². The molecule has 0 spiro atoms. The lowest BCUT2D eigenvalue weighted by Gasteiger charge is -1.98. The standard InChI is InChI=1S/C10H19BrO/c1-2-3-7-10(12)8-5-4-6-9-11/h2-9H2,1H3. The summed E-state index contributed by atoms with van der Waals surface area (Å²) < 4.78 is 0. The molecule has 0 heterocycles. The third-order valence-corrected chi connectivity index (χ3v) is 2.46. The van der Waals surface area contributed by atoms with Crippen LogP contribution in [-0.2, 0) is 4.79 Å². The summed E-state index contributed by atoms with van der Waals surface area (Å²) in [5.74, 6) is 0.450. The molecule has 0 aliphatic carbocycles. The van der Waals surface area contributed by atoms with Crippen LogP contribution in [0.1, 0.15) is 51.9 Å². The van der Waals surface area contributed by atoms with Crippen molar-refractivity contribution in [2.24, 2.45) is 0 Å². The maximum absolute atomic E-state index is 11.2. The number of carbonyl (C=O) groups is 1. The molecular weight excluding hydrogens is 216 g/mol. The van der Waals surface area contributed by atoms with Gasteiger partial charge in [-0.05, 0) is 19.3 Å². The lowest BCUT2D eigenvalue weighted by molar-refractivity contribution is -0.119. The number of Topliss-reactive ketones (excluding diaryl/α,β-unsaturated/α-hetero) is 1. The van der Waals surface area contributed by atoms with Gasteiger partial charge in [0.05, 0.1) is 0 Å². The van der Waals surface area contributed by atoms with E-state index in [1.807, 2.05) is 0 Å². The number of ketones is 1. The predicted molar refractivity (Wildman–Crippen MR) is 56.8 cm³/mol. The van der Waals surface area contributed by atoms with E-state index in [0.29, 0.717) is 5.78 Å². The molecule has 0 amide bonds. The molecule has 0 rings (SSSR count). The summed E-state index contributed by atoms with van der Waals surface area (Å²) in [5.41, 5.74) is 0. The van der Waals surface area contributed by atoms with Crippen LogP contribution in [0.15, 0.2) is 0 Å². The Hall–Kier alpha value is 0.150. The SMILES string of the molecule is CCCCC(=O)CCCCCBr. The summed E-state index contributed by atoms with van der Waals surface area (Å²) in [4.78, 5) is 11.2. The summed E-state index contributed by atoms with van der Waals surface area (Å²) in [6.07, 6.45) is 7.25. The second-order valence-electron chi connectivity index (χ2n) is 3.14. The molecular formula is C10H19BrO. The molecule has 2 heteroatoms. The van der Waals surface area contributed by atoms with E-state index in [-0.39, 0.29) is 0 Å². The van der Waals surface area contributed by atoms with Crippen LogP contribution >= 0.6 is 15.9 Å². The van der Waals surface area contributed by atoms with Crippen LogP contribution in [-0.4, -0.2) is 11.1 Å². The molecule has 0 N–H and O–H groups in total. The summed E-state index contributed by atoms with van der Waals surface area (Å²) in [6, 6.07) is 0. The first-order chi connectivity index (χ1) is 5.81. The first-order valence-electron chi connectivity index (χ1n) is 4.89. The minimum absolute atomic E-state index is 0.450. The monoisotopic (exact) mass is 234 g/mol. The highest BCUT2D eigenvalue weighted by Crippen LogP contribution is 2.05. The third-order valence-electron chi connectivity index (χ3n) is 1.90. The summed E-state index contributed by atoms with van der Waals surface area (Å²) in [6.45, 7) is 2.12. The molecule has 0 aliphatic heterocycles. The molecule has 0 aromatic rings. The number of hydrogen-bond donors (Lipinski definition) is 0. The molecule has 0 atom stereocenters. The van der Waals surface area contributed by atoms with Crippen molar-refractivity contribution in [2.75, 3.05) is 5.33 Å². The fourth-order valence-corrected chi connectivity index (χ4v) is 1.49. The number of unbranched alkanes of at least 4 members (excludes halogenated alkanes) is 3. The smallest absolute Gasteiger partial charge is 0.132 e. The van der Waals surface area contributed by atoms with Gasteiger partial charge in [0.2, 0.25) is 0 Å². The van der Waals surface area contributed by atoms with Crippen molar-refractivity contribution in [1.82, 2.24) is 0 Å². The second kappa shape index (κ2) is 9.24. The molecule has 0 unspecified atom stereocenters. The third kappa shape index (κ3) is 8.25. The van der Waals surface area contributed by atoms with Gasteiger partial charge < -0.3 is 0 Å². The van der Waals surface area contributed by atoms with Crippen LogP contribution in [0.25, 0.3) is 0 Å². The van der Waals surface area contributed by atoms with Crippen molar-refractivity contribution >= 4 is 21.7 Å². The van der Waals surface area contributed by atoms with Gasteiger partial charge in [-0.2, -0.15) is 0 Å². The Morgan fingerprint density at radius 3 is 2.33 bits per heavy atom. The van der Waals surface area contributed by atoms with Crippen LogP contribution in [0.5, 0.6) is 0 Å². The van der Waals surface area contributed by atoms with E-state index in [0.717, 1.165) is 37.4 Å². The van der Waals surface area contributed by atoms with Gasteiger partial charge in [0.15, 0.2) is 0 Å². The Morgan fingerprint density at radius 1 is 1.08 bits per heavy atom. The van der Waals surface area contributed by atoms with Gasteiger partial charge in [0.1, 0.15) is 5.78 Å². The average Bonchev–Trinajstić information content (AvgIpc) is 2.09. The second-order valence-corrected chi connectivity index (χ2v) is 3.93. The molecule has 0 saturated carbocycles. The minimum atomic E-state index is 0.450. The Kier molecular flexibility index (Phi) is 9.36. The van der Waals surface area contributed by atoms with Crippen molar-refractivity contribution < 1.29 is 4.79 Å². The van der Waals surface area contributed by atoms with Gasteiger partial charge in [-0.1, -0.05) is 35.7 Å². The first-order valence-corrected chi connectivity index (χ1v) is 6.01. The zero-order valence-electron chi connectivity index (χ0n) is 7.94. The molecule has 1 nitrogen and oxygen atoms in total. The van der Waals surface area contributed by atoms with Crippen molar-refractivity contribution in [3.05, 3.63) is 0 Å². The summed E-state index contributed by atoms with van der Waals surface area (Å²) >= 11 is 3.37. The zero-order chi connectivity index (χ0) is 9.23. The molecule has 12 heavy (non-hydrogen) atoms. The van der Waals surface area contributed by atoms with E-state index in [1.54, 1.807) is 0 Å². The number of carbonyl (C=O) groups excluding carboxylic acids is 1. The van der Waals surface area contributed by atoms with Gasteiger partial charge in [-0.3, -0.25) is 4.79 Å². The Balaban J connectivity index is 3.08. The quantitative estimate of drug-likeness (QED) is 0.463. The lowest BCUT2D eigenvalue weighted by Crippen LogP contribution is -1.96. The largest absolute Gasteiger partial charge is 0.300 e. The Morgan fingerprint density at radius 2 is 1.75 bits per heavy atom. The Bertz CT molecular complexity index is 112. The van der Waals surface area contributed by atoms with Crippen LogP contribution in [0.2, 0.25) is 0 Å². The normalized spacial score (nSPS) is 10.2. The maximum atomic E-state index is 11.2. The molecule has 0 aromatic carbocycles. The van der Waals surface area contributed by atoms with Gasteiger partial charge in [-0.25, -0.2) is 0 Å². The molecule has 0 aliphatic rings. The van der Waals surface area contributed by atoms with Crippen LogP contribution in [0, 0.1) is 0 Å². The van der Waals surface area contributed by atoms with Crippen LogP contribution in [0.3, 0.4) is 0 Å². The topological polar surface area (TPSA) is 17.1 Å². The molecule has 72 valence electrons. The highest BCUT2D eigenvalue weighted by Gasteiger charge is 1.99. The van der Waals surface area contributed by atoms with E-state index in [9.17, 15) is 4.79 Å². The highest BCUT2D eigenvalue weighted by molar-refractivity contribution is 9.09. The molecule has 0 saturated heterocycles. The predicted octanol–water partition coefficient (Wildman–Crippen LogP) is 3.70. The lowest BCUT2D eigenvalue weighted by atomic mass is 10.1. The molecule has 0 radical (unpaired) electrons. The van der Waals surface area contributed by atoms with E-state index >= 15 is 0 Å². The fraction of sp³-hybridized carbons (Fsp3) is 0.900. The minimum Gasteiger partial charge on any atom is -0.300 e. The zero-order valence-corrected chi connectivity index (χ0v) is 9.53. The number of hydrogen-bond acceptors (Lipinski definition) is 1. The van der Waals surface area contributed by atoms with E-state index < -0.39 is 0 Å². The van der Waals surface area contributed by atoms with Gasteiger partial charge in [0.25, 0.3) is 0 Å². The van der Waals surface area contributed by atoms with Crippen molar-refractivity contribution in [2.45, 2.75) is 51.9 Å². The van der Waals surface area contributed by atoms with E-state index in [4.69, 9.17) is 0 Å². The number of rotatable bonds is 8. The van der Waals surface area contributed by atoms with Crippen molar-refractivity contribution in [1.29, 1.82) is 0 Å². The van der Waals surface area contributed by atoms with Crippen molar-refractivity contribution in [3.63, 3.8) is 0 Å². The molecule has 0 aromatic heterocycles. The van der Waals surface area contributed by atoms with E-state index in [2.05, 4.69) is 22.9 Å². The molecule has 0 bridgehead atoms. The van der Waals surface area contributed by atoms with Crippen LogP contribution in [0.4, 0.5) is 0 Å². The fourth-order valence-electron chi connectivity index (χ4n) is 1.09. The molecule has 0 fully saturated rings. The van der Waals surface area contributed by atoms with E-state index in [1.165, 1.54) is 12.8 Å². The summed E-state index contributed by atoms with van der Waals surface area (Å²) in [7, 11) is 0. The maximum Gasteiger partial charge on any atom is 0.132 e. The summed E-state index contributed by atoms with van der Waals surface area (Å²) in [5, 5.41) is 1.07. The Labute approximate surface area is 84.1 Å². The average molecular weight is 235 g/mol. The van der Waals surface area contributed by atoms with Gasteiger partial charge >= 0.3 is 0 Å². The number of halogens is 1. The number of alkyl halides is 1.